The second-order valence-corrected chi connectivity index (χ2v) is 6.02. The summed E-state index contributed by atoms with van der Waals surface area (Å²) in [7, 11) is 4.54. The van der Waals surface area contributed by atoms with Gasteiger partial charge in [-0.05, 0) is 47.0 Å². The predicted molar refractivity (Wildman–Crippen MR) is 97.7 cm³/mol. The molecule has 2 aromatic carbocycles. The third-order valence-corrected chi connectivity index (χ3v) is 4.52. The maximum atomic E-state index is 12.8. The molecule has 1 N–H and O–H groups in total. The van der Waals surface area contributed by atoms with Crippen molar-refractivity contribution in [3.8, 4) is 17.2 Å². The van der Waals surface area contributed by atoms with E-state index in [9.17, 15) is 4.79 Å². The number of hydrogen-bond donors (Lipinski definition) is 1. The van der Waals surface area contributed by atoms with Crippen LogP contribution in [0.3, 0.4) is 0 Å². The zero-order valence-electron chi connectivity index (χ0n) is 14.3. The largest absolute Gasteiger partial charge is 0.493 e. The van der Waals surface area contributed by atoms with E-state index in [2.05, 4.69) is 21.2 Å². The Bertz CT molecular complexity index is 754. The van der Waals surface area contributed by atoms with Crippen molar-refractivity contribution >= 4 is 27.5 Å². The summed E-state index contributed by atoms with van der Waals surface area (Å²) < 4.78 is 16.5. The Hall–Kier alpha value is -2.21. The number of carbonyl (C=O) groups is 1. The SMILES string of the molecule is COc1cc(C(=O)Nc2c(C)cccc2C)c(Br)c(OC)c1OC. The molecule has 1 amide bonds. The average Bonchev–Trinajstić information content (AvgIpc) is 2.57. The Morgan fingerprint density at radius 3 is 2.08 bits per heavy atom. The molecule has 0 aliphatic heterocycles. The smallest absolute Gasteiger partial charge is 0.257 e. The molecule has 0 saturated heterocycles. The van der Waals surface area contributed by atoms with E-state index in [0.717, 1.165) is 16.8 Å². The van der Waals surface area contributed by atoms with Gasteiger partial charge in [0.2, 0.25) is 5.75 Å². The van der Waals surface area contributed by atoms with Crippen LogP contribution in [0, 0.1) is 13.8 Å². The predicted octanol–water partition coefficient (Wildman–Crippen LogP) is 4.34. The monoisotopic (exact) mass is 393 g/mol. The minimum absolute atomic E-state index is 0.265. The molecule has 0 atom stereocenters. The van der Waals surface area contributed by atoms with Crippen molar-refractivity contribution in [3.63, 3.8) is 0 Å². The van der Waals surface area contributed by atoms with Crippen LogP contribution in [0.4, 0.5) is 5.69 Å². The summed E-state index contributed by atoms with van der Waals surface area (Å²) in [4.78, 5) is 12.8. The van der Waals surface area contributed by atoms with E-state index in [1.165, 1.54) is 21.3 Å². The van der Waals surface area contributed by atoms with Crippen LogP contribution in [0.2, 0.25) is 0 Å². The highest BCUT2D eigenvalue weighted by atomic mass is 79.9. The fraction of sp³-hybridized carbons (Fsp3) is 0.278. The summed E-state index contributed by atoms with van der Waals surface area (Å²) in [6.45, 7) is 3.90. The normalized spacial score (nSPS) is 10.2. The molecule has 2 rings (SSSR count). The van der Waals surface area contributed by atoms with E-state index in [4.69, 9.17) is 14.2 Å². The topological polar surface area (TPSA) is 56.8 Å². The number of amides is 1. The number of anilines is 1. The van der Waals surface area contributed by atoms with Gasteiger partial charge in [-0.3, -0.25) is 4.79 Å². The molecule has 0 heterocycles. The molecular weight excluding hydrogens is 374 g/mol. The van der Waals surface area contributed by atoms with E-state index in [1.54, 1.807) is 6.07 Å². The molecule has 0 spiro atoms. The number of halogens is 1. The Balaban J connectivity index is 2.50. The standard InChI is InChI=1S/C18H20BrNO4/c1-10-7-6-8-11(2)15(10)20-18(21)12-9-13(22-3)16(23-4)17(24-5)14(12)19/h6-9H,1-5H3,(H,20,21). The molecule has 0 fully saturated rings. The lowest BCUT2D eigenvalue weighted by Gasteiger charge is -2.17. The van der Waals surface area contributed by atoms with E-state index >= 15 is 0 Å². The third kappa shape index (κ3) is 3.33. The second-order valence-electron chi connectivity index (χ2n) is 5.23. The van der Waals surface area contributed by atoms with Crippen LogP contribution in [-0.4, -0.2) is 27.2 Å². The summed E-state index contributed by atoms with van der Waals surface area (Å²) in [6.07, 6.45) is 0. The molecule has 0 saturated carbocycles. The minimum atomic E-state index is -0.265. The highest BCUT2D eigenvalue weighted by Gasteiger charge is 2.23. The Kier molecular flexibility index (Phi) is 5.72. The quantitative estimate of drug-likeness (QED) is 0.820. The molecule has 24 heavy (non-hydrogen) atoms. The first-order chi connectivity index (χ1) is 11.4. The van der Waals surface area contributed by atoms with Gasteiger partial charge < -0.3 is 19.5 Å². The highest BCUT2D eigenvalue weighted by molar-refractivity contribution is 9.10. The summed E-state index contributed by atoms with van der Waals surface area (Å²) in [5.41, 5.74) is 3.18. The van der Waals surface area contributed by atoms with Crippen LogP contribution >= 0.6 is 15.9 Å². The lowest BCUT2D eigenvalue weighted by atomic mass is 10.1. The summed E-state index contributed by atoms with van der Waals surface area (Å²) in [5, 5.41) is 2.95. The zero-order chi connectivity index (χ0) is 17.9. The van der Waals surface area contributed by atoms with Gasteiger partial charge in [0.25, 0.3) is 5.91 Å². The molecule has 0 aromatic heterocycles. The van der Waals surface area contributed by atoms with Crippen LogP contribution in [0.15, 0.2) is 28.7 Å². The lowest BCUT2D eigenvalue weighted by Crippen LogP contribution is -2.15. The van der Waals surface area contributed by atoms with Crippen molar-refractivity contribution in [2.24, 2.45) is 0 Å². The van der Waals surface area contributed by atoms with Crippen LogP contribution in [0.5, 0.6) is 17.2 Å². The van der Waals surface area contributed by atoms with Crippen molar-refractivity contribution < 1.29 is 19.0 Å². The van der Waals surface area contributed by atoms with Gasteiger partial charge in [0, 0.05) is 5.69 Å². The van der Waals surface area contributed by atoms with E-state index < -0.39 is 0 Å². The van der Waals surface area contributed by atoms with Gasteiger partial charge in [-0.15, -0.1) is 0 Å². The molecule has 6 heteroatoms. The summed E-state index contributed by atoms with van der Waals surface area (Å²) in [5.74, 6) is 0.988. The molecule has 0 aliphatic carbocycles. The van der Waals surface area contributed by atoms with Crippen molar-refractivity contribution in [2.45, 2.75) is 13.8 Å². The van der Waals surface area contributed by atoms with Gasteiger partial charge in [0.05, 0.1) is 31.4 Å². The van der Waals surface area contributed by atoms with Gasteiger partial charge in [-0.25, -0.2) is 0 Å². The first kappa shape index (κ1) is 18.1. The van der Waals surface area contributed by atoms with Crippen LogP contribution in [0.1, 0.15) is 21.5 Å². The van der Waals surface area contributed by atoms with Crippen molar-refractivity contribution in [1.29, 1.82) is 0 Å². The first-order valence-corrected chi connectivity index (χ1v) is 8.09. The zero-order valence-corrected chi connectivity index (χ0v) is 15.9. The Morgan fingerprint density at radius 2 is 1.58 bits per heavy atom. The van der Waals surface area contributed by atoms with Crippen molar-refractivity contribution in [2.75, 3.05) is 26.6 Å². The average molecular weight is 394 g/mol. The molecule has 0 unspecified atom stereocenters. The highest BCUT2D eigenvalue weighted by Crippen LogP contribution is 2.44. The summed E-state index contributed by atoms with van der Waals surface area (Å²) in [6, 6.07) is 7.48. The number of benzene rings is 2. The van der Waals surface area contributed by atoms with Crippen molar-refractivity contribution in [3.05, 3.63) is 45.4 Å². The molecule has 0 aliphatic rings. The molecule has 0 bridgehead atoms. The fourth-order valence-electron chi connectivity index (χ4n) is 2.48. The first-order valence-electron chi connectivity index (χ1n) is 7.30. The minimum Gasteiger partial charge on any atom is -0.493 e. The maximum Gasteiger partial charge on any atom is 0.257 e. The van der Waals surface area contributed by atoms with Crippen LogP contribution in [-0.2, 0) is 0 Å². The second kappa shape index (κ2) is 7.57. The number of carbonyl (C=O) groups excluding carboxylic acids is 1. The number of aryl methyl sites for hydroxylation is 2. The third-order valence-electron chi connectivity index (χ3n) is 3.73. The number of para-hydroxylation sites is 1. The van der Waals surface area contributed by atoms with Gasteiger partial charge in [-0.1, -0.05) is 18.2 Å². The summed E-state index contributed by atoms with van der Waals surface area (Å²) >= 11 is 3.43. The molecular formula is C18H20BrNO4. The molecule has 0 radical (unpaired) electrons. The van der Waals surface area contributed by atoms with E-state index in [-0.39, 0.29) is 5.91 Å². The fourth-order valence-corrected chi connectivity index (χ4v) is 3.12. The lowest BCUT2D eigenvalue weighted by molar-refractivity contribution is 0.102. The maximum absolute atomic E-state index is 12.8. The Morgan fingerprint density at radius 1 is 1.00 bits per heavy atom. The molecule has 5 nitrogen and oxygen atoms in total. The number of hydrogen-bond acceptors (Lipinski definition) is 4. The number of nitrogens with one attached hydrogen (secondary N) is 1. The van der Waals surface area contributed by atoms with Gasteiger partial charge in [0.1, 0.15) is 0 Å². The number of ether oxygens (including phenoxy) is 3. The van der Waals surface area contributed by atoms with E-state index in [0.29, 0.717) is 27.3 Å². The van der Waals surface area contributed by atoms with Gasteiger partial charge in [-0.2, -0.15) is 0 Å². The van der Waals surface area contributed by atoms with Gasteiger partial charge >= 0.3 is 0 Å². The van der Waals surface area contributed by atoms with E-state index in [1.807, 2.05) is 32.0 Å². The number of rotatable bonds is 5. The molecule has 2 aromatic rings. The number of methoxy groups -OCH3 is 3. The van der Waals surface area contributed by atoms with Crippen LogP contribution < -0.4 is 19.5 Å². The Labute approximate surface area is 150 Å². The van der Waals surface area contributed by atoms with Gasteiger partial charge in [0.15, 0.2) is 11.5 Å². The molecule has 128 valence electrons. The van der Waals surface area contributed by atoms with Crippen LogP contribution in [0.25, 0.3) is 0 Å². The van der Waals surface area contributed by atoms with Crippen molar-refractivity contribution in [1.82, 2.24) is 0 Å².